The molecule has 1 saturated carbocycles. The summed E-state index contributed by atoms with van der Waals surface area (Å²) in [6.07, 6.45) is 3.44. The third kappa shape index (κ3) is 5.19. The molecule has 3 atom stereocenters. The van der Waals surface area contributed by atoms with Crippen molar-refractivity contribution >= 4 is 18.0 Å². The SMILES string of the molecule is O=C(O)CC1CCN(C(=O)C[C@@H]2CC[C@H](NC(=O)OCC3c4ccccc4-c4ccccc43)C2)C1. The molecule has 7 heteroatoms. The number of amides is 2. The highest BCUT2D eigenvalue weighted by Gasteiger charge is 2.33. The van der Waals surface area contributed by atoms with Crippen LogP contribution in [0.1, 0.15) is 55.6 Å². The van der Waals surface area contributed by atoms with Gasteiger partial charge in [-0.2, -0.15) is 0 Å². The van der Waals surface area contributed by atoms with Gasteiger partial charge in [-0.3, -0.25) is 9.59 Å². The summed E-state index contributed by atoms with van der Waals surface area (Å²) < 4.78 is 5.67. The Morgan fingerprint density at radius 3 is 2.29 bits per heavy atom. The molecular weight excluding hydrogens is 444 g/mol. The summed E-state index contributed by atoms with van der Waals surface area (Å²) in [5.74, 6) is -0.373. The molecular formula is C28H32N2O5. The number of carbonyl (C=O) groups is 3. The molecule has 35 heavy (non-hydrogen) atoms. The van der Waals surface area contributed by atoms with E-state index < -0.39 is 12.1 Å². The number of carboxylic acids is 1. The number of likely N-dealkylation sites (tertiary alicyclic amines) is 1. The summed E-state index contributed by atoms with van der Waals surface area (Å²) in [7, 11) is 0. The van der Waals surface area contributed by atoms with E-state index in [2.05, 4.69) is 29.6 Å². The molecule has 2 aliphatic carbocycles. The van der Waals surface area contributed by atoms with Crippen molar-refractivity contribution in [1.82, 2.24) is 10.2 Å². The van der Waals surface area contributed by atoms with Crippen LogP contribution in [-0.4, -0.2) is 53.7 Å². The number of fused-ring (bicyclic) bond motifs is 3. The first-order chi connectivity index (χ1) is 17.0. The second-order valence-corrected chi connectivity index (χ2v) is 10.1. The maximum Gasteiger partial charge on any atom is 0.407 e. The lowest BCUT2D eigenvalue weighted by molar-refractivity contribution is -0.138. The van der Waals surface area contributed by atoms with E-state index in [9.17, 15) is 14.4 Å². The van der Waals surface area contributed by atoms with Crippen molar-refractivity contribution in [1.29, 1.82) is 0 Å². The summed E-state index contributed by atoms with van der Waals surface area (Å²) in [4.78, 5) is 38.0. The Balaban J connectivity index is 1.08. The second-order valence-electron chi connectivity index (χ2n) is 10.1. The summed E-state index contributed by atoms with van der Waals surface area (Å²) in [5.41, 5.74) is 4.78. The van der Waals surface area contributed by atoms with Crippen molar-refractivity contribution in [3.63, 3.8) is 0 Å². The third-order valence-corrected chi connectivity index (χ3v) is 7.77. The minimum Gasteiger partial charge on any atom is -0.481 e. The Kier molecular flexibility index (Phi) is 6.75. The molecule has 3 aliphatic rings. The minimum absolute atomic E-state index is 0.0155. The standard InChI is InChI=1S/C28H32N2O5/c31-26(30-12-11-19(16-30)15-27(32)33)14-18-9-10-20(13-18)29-28(34)35-17-25-23-7-3-1-5-21(23)22-6-2-4-8-24(22)25/h1-8,18-20,25H,9-17H2,(H,29,34)(H,32,33)/t18-,19?,20+/m1/s1. The largest absolute Gasteiger partial charge is 0.481 e. The maximum atomic E-state index is 12.7. The van der Waals surface area contributed by atoms with Crippen LogP contribution in [-0.2, 0) is 14.3 Å². The molecule has 0 bridgehead atoms. The number of hydrogen-bond acceptors (Lipinski definition) is 4. The highest BCUT2D eigenvalue weighted by molar-refractivity contribution is 5.79. The van der Waals surface area contributed by atoms with Crippen molar-refractivity contribution in [2.24, 2.45) is 11.8 Å². The zero-order chi connectivity index (χ0) is 24.4. The van der Waals surface area contributed by atoms with Gasteiger partial charge in [0.1, 0.15) is 6.61 Å². The number of alkyl carbamates (subject to hydrolysis) is 1. The van der Waals surface area contributed by atoms with Gasteiger partial charge in [0.2, 0.25) is 5.91 Å². The third-order valence-electron chi connectivity index (χ3n) is 7.77. The average molecular weight is 477 g/mol. The number of nitrogens with one attached hydrogen (secondary N) is 1. The lowest BCUT2D eigenvalue weighted by atomic mass is 9.98. The molecule has 0 spiro atoms. The van der Waals surface area contributed by atoms with Crippen LogP contribution in [0.5, 0.6) is 0 Å². The average Bonchev–Trinajstić information content (AvgIpc) is 3.55. The van der Waals surface area contributed by atoms with Gasteiger partial charge in [0, 0.05) is 37.9 Å². The van der Waals surface area contributed by atoms with Crippen molar-refractivity contribution in [2.45, 2.75) is 50.5 Å². The second kappa shape index (κ2) is 10.1. The van der Waals surface area contributed by atoms with Gasteiger partial charge in [-0.05, 0) is 59.8 Å². The maximum absolute atomic E-state index is 12.7. The highest BCUT2D eigenvalue weighted by atomic mass is 16.5. The van der Waals surface area contributed by atoms with E-state index in [1.165, 1.54) is 22.3 Å². The van der Waals surface area contributed by atoms with Crippen LogP contribution in [0.4, 0.5) is 4.79 Å². The lowest BCUT2D eigenvalue weighted by Gasteiger charge is -2.19. The summed E-state index contributed by atoms with van der Waals surface area (Å²) in [5, 5.41) is 12.0. The molecule has 1 heterocycles. The van der Waals surface area contributed by atoms with Gasteiger partial charge in [-0.15, -0.1) is 0 Å². The molecule has 1 unspecified atom stereocenters. The van der Waals surface area contributed by atoms with Crippen LogP contribution in [0.15, 0.2) is 48.5 Å². The molecule has 5 rings (SSSR count). The molecule has 184 valence electrons. The minimum atomic E-state index is -0.803. The zero-order valence-electron chi connectivity index (χ0n) is 19.8. The molecule has 1 aliphatic heterocycles. The Hall–Kier alpha value is -3.35. The van der Waals surface area contributed by atoms with E-state index in [0.717, 1.165) is 25.7 Å². The summed E-state index contributed by atoms with van der Waals surface area (Å²) in [6.45, 7) is 1.48. The van der Waals surface area contributed by atoms with Crippen LogP contribution in [0, 0.1) is 11.8 Å². The fourth-order valence-electron chi connectivity index (χ4n) is 6.05. The number of hydrogen-bond donors (Lipinski definition) is 2. The number of nitrogens with zero attached hydrogens (tertiary/aromatic N) is 1. The van der Waals surface area contributed by atoms with Crippen molar-refractivity contribution < 1.29 is 24.2 Å². The number of rotatable bonds is 7. The molecule has 7 nitrogen and oxygen atoms in total. The van der Waals surface area contributed by atoms with Crippen LogP contribution < -0.4 is 5.32 Å². The van der Waals surface area contributed by atoms with E-state index in [0.29, 0.717) is 26.1 Å². The van der Waals surface area contributed by atoms with Crippen LogP contribution in [0.3, 0.4) is 0 Å². The number of aliphatic carboxylic acids is 1. The Bertz CT molecular complexity index is 1070. The van der Waals surface area contributed by atoms with Gasteiger partial charge in [0.25, 0.3) is 0 Å². The number of benzene rings is 2. The first-order valence-electron chi connectivity index (χ1n) is 12.6. The predicted molar refractivity (Wildman–Crippen MR) is 131 cm³/mol. The zero-order valence-corrected chi connectivity index (χ0v) is 19.8. The van der Waals surface area contributed by atoms with E-state index in [4.69, 9.17) is 9.84 Å². The van der Waals surface area contributed by atoms with Gasteiger partial charge < -0.3 is 20.1 Å². The summed E-state index contributed by atoms with van der Waals surface area (Å²) >= 11 is 0. The Labute approximate surface area is 205 Å². The van der Waals surface area contributed by atoms with E-state index in [-0.39, 0.29) is 36.1 Å². The molecule has 2 N–H and O–H groups in total. The Morgan fingerprint density at radius 1 is 0.914 bits per heavy atom. The molecule has 2 aromatic rings. The fourth-order valence-corrected chi connectivity index (χ4v) is 6.05. The van der Waals surface area contributed by atoms with E-state index in [1.54, 1.807) is 4.90 Å². The number of carboxylic acid groups (broad SMARTS) is 1. The van der Waals surface area contributed by atoms with Gasteiger partial charge >= 0.3 is 12.1 Å². The van der Waals surface area contributed by atoms with Crippen LogP contribution >= 0.6 is 0 Å². The van der Waals surface area contributed by atoms with Gasteiger partial charge in [-0.25, -0.2) is 4.79 Å². The molecule has 2 aromatic carbocycles. The lowest BCUT2D eigenvalue weighted by Crippen LogP contribution is -2.34. The quantitative estimate of drug-likeness (QED) is 0.617. The predicted octanol–water partition coefficient (Wildman–Crippen LogP) is 4.41. The van der Waals surface area contributed by atoms with E-state index in [1.807, 2.05) is 24.3 Å². The van der Waals surface area contributed by atoms with Crippen molar-refractivity contribution in [3.8, 4) is 11.1 Å². The van der Waals surface area contributed by atoms with Crippen LogP contribution in [0.2, 0.25) is 0 Å². The highest BCUT2D eigenvalue weighted by Crippen LogP contribution is 2.44. The first-order valence-corrected chi connectivity index (χ1v) is 12.6. The molecule has 1 saturated heterocycles. The molecule has 0 radical (unpaired) electrons. The first kappa shape index (κ1) is 23.4. The van der Waals surface area contributed by atoms with Gasteiger partial charge in [0.15, 0.2) is 0 Å². The summed E-state index contributed by atoms with van der Waals surface area (Å²) in [6, 6.07) is 16.6. The Morgan fingerprint density at radius 2 is 1.60 bits per heavy atom. The molecule has 2 amide bonds. The number of ether oxygens (including phenoxy) is 1. The normalized spacial score (nSPS) is 23.1. The monoisotopic (exact) mass is 476 g/mol. The van der Waals surface area contributed by atoms with Gasteiger partial charge in [0.05, 0.1) is 0 Å². The molecule has 0 aromatic heterocycles. The van der Waals surface area contributed by atoms with Crippen molar-refractivity contribution in [3.05, 3.63) is 59.7 Å². The van der Waals surface area contributed by atoms with Crippen molar-refractivity contribution in [2.75, 3.05) is 19.7 Å². The fraction of sp³-hybridized carbons (Fsp3) is 0.464. The van der Waals surface area contributed by atoms with E-state index >= 15 is 0 Å². The van der Waals surface area contributed by atoms with Gasteiger partial charge in [-0.1, -0.05) is 48.5 Å². The van der Waals surface area contributed by atoms with Crippen LogP contribution in [0.25, 0.3) is 11.1 Å². The number of carbonyl (C=O) groups excluding carboxylic acids is 2. The topological polar surface area (TPSA) is 95.9 Å². The smallest absolute Gasteiger partial charge is 0.407 e. The molecule has 2 fully saturated rings.